The Morgan fingerprint density at radius 2 is 1.88 bits per heavy atom. The molecule has 1 amide bonds. The number of carbonyl (C=O) groups excluding carboxylic acids is 2. The fraction of sp³-hybridized carbons (Fsp3) is 0.222. The summed E-state index contributed by atoms with van der Waals surface area (Å²) in [6.45, 7) is 0.933. The van der Waals surface area contributed by atoms with Gasteiger partial charge < -0.3 is 10.1 Å². The topological polar surface area (TPSA) is 72.5 Å². The van der Waals surface area contributed by atoms with Crippen LogP contribution < -0.4 is 5.32 Å². The van der Waals surface area contributed by atoms with E-state index in [1.54, 1.807) is 12.1 Å². The number of ether oxygens (including phenoxy) is 1. The standard InChI is InChI=1S/C18H17F2NO4S/c1-11(13-8-7-12(19)9-15(13)20)21-17(22)10-25-18(23)14-5-3-4-6-16(14)26(2)24/h3-9,11H,10H2,1-2H3,(H,21,22)/t11-,26-/m0/s1. The summed E-state index contributed by atoms with van der Waals surface area (Å²) in [5, 5.41) is 2.46. The van der Waals surface area contributed by atoms with Gasteiger partial charge in [-0.15, -0.1) is 0 Å². The normalized spacial score (nSPS) is 12.9. The SMILES string of the molecule is C[C@H](NC(=O)COC(=O)c1ccccc1[S@](C)=O)c1ccc(F)cc1F. The summed E-state index contributed by atoms with van der Waals surface area (Å²) in [7, 11) is -1.39. The van der Waals surface area contributed by atoms with Crippen molar-refractivity contribution in [2.24, 2.45) is 0 Å². The van der Waals surface area contributed by atoms with Gasteiger partial charge in [0.25, 0.3) is 5.91 Å². The van der Waals surface area contributed by atoms with Crippen LogP contribution in [0.5, 0.6) is 0 Å². The molecule has 0 aromatic heterocycles. The third-order valence-electron chi connectivity index (χ3n) is 3.56. The minimum atomic E-state index is -1.39. The fourth-order valence-electron chi connectivity index (χ4n) is 2.31. The van der Waals surface area contributed by atoms with Gasteiger partial charge in [0.2, 0.25) is 0 Å². The maximum atomic E-state index is 13.7. The minimum absolute atomic E-state index is 0.109. The van der Waals surface area contributed by atoms with E-state index >= 15 is 0 Å². The number of hydrogen-bond donors (Lipinski definition) is 1. The highest BCUT2D eigenvalue weighted by Crippen LogP contribution is 2.18. The first-order valence-corrected chi connectivity index (χ1v) is 9.19. The Morgan fingerprint density at radius 1 is 1.19 bits per heavy atom. The van der Waals surface area contributed by atoms with Crippen LogP contribution in [0.4, 0.5) is 8.78 Å². The minimum Gasteiger partial charge on any atom is -0.452 e. The van der Waals surface area contributed by atoms with E-state index in [-0.39, 0.29) is 11.1 Å². The van der Waals surface area contributed by atoms with E-state index in [9.17, 15) is 22.6 Å². The number of amides is 1. The molecule has 26 heavy (non-hydrogen) atoms. The molecule has 5 nitrogen and oxygen atoms in total. The van der Waals surface area contributed by atoms with Gasteiger partial charge >= 0.3 is 5.97 Å². The Bertz CT molecular complexity index is 857. The molecule has 2 atom stereocenters. The summed E-state index contributed by atoms with van der Waals surface area (Å²) in [4.78, 5) is 24.3. The molecule has 8 heteroatoms. The lowest BCUT2D eigenvalue weighted by atomic mass is 10.1. The molecule has 2 rings (SSSR count). The maximum Gasteiger partial charge on any atom is 0.339 e. The van der Waals surface area contributed by atoms with Gasteiger partial charge in [-0.2, -0.15) is 0 Å². The van der Waals surface area contributed by atoms with Crippen molar-refractivity contribution < 1.29 is 27.3 Å². The highest BCUT2D eigenvalue weighted by atomic mass is 32.2. The Hall–Kier alpha value is -2.61. The largest absolute Gasteiger partial charge is 0.452 e. The molecule has 0 bridgehead atoms. The van der Waals surface area contributed by atoms with Crippen LogP contribution in [0.1, 0.15) is 28.9 Å². The van der Waals surface area contributed by atoms with E-state index in [1.165, 1.54) is 31.4 Å². The third kappa shape index (κ3) is 4.95. The van der Waals surface area contributed by atoms with E-state index in [0.717, 1.165) is 12.1 Å². The number of esters is 1. The Balaban J connectivity index is 1.96. The number of carbonyl (C=O) groups is 2. The van der Waals surface area contributed by atoms with Crippen molar-refractivity contribution in [3.05, 3.63) is 65.2 Å². The summed E-state index contributed by atoms with van der Waals surface area (Å²) in [5.74, 6) is -2.93. The Kier molecular flexibility index (Phi) is 6.57. The molecule has 0 radical (unpaired) electrons. The lowest BCUT2D eigenvalue weighted by Gasteiger charge is -2.15. The van der Waals surface area contributed by atoms with Crippen LogP contribution in [0, 0.1) is 11.6 Å². The lowest BCUT2D eigenvalue weighted by molar-refractivity contribution is -0.124. The molecule has 0 fully saturated rings. The smallest absolute Gasteiger partial charge is 0.339 e. The molecule has 0 spiro atoms. The van der Waals surface area contributed by atoms with Gasteiger partial charge in [-0.05, 0) is 25.1 Å². The Morgan fingerprint density at radius 3 is 2.54 bits per heavy atom. The van der Waals surface area contributed by atoms with Crippen molar-refractivity contribution in [3.8, 4) is 0 Å². The molecule has 0 aliphatic carbocycles. The summed E-state index contributed by atoms with van der Waals surface area (Å²) < 4.78 is 43.2. The second-order valence-corrected chi connectivity index (χ2v) is 6.83. The fourth-order valence-corrected chi connectivity index (χ4v) is 3.04. The second-order valence-electron chi connectivity index (χ2n) is 5.48. The molecule has 0 aliphatic rings. The first kappa shape index (κ1) is 19.7. The second kappa shape index (κ2) is 8.66. The van der Waals surface area contributed by atoms with Crippen molar-refractivity contribution in [1.82, 2.24) is 5.32 Å². The van der Waals surface area contributed by atoms with Gasteiger partial charge in [-0.3, -0.25) is 9.00 Å². The zero-order valence-corrected chi connectivity index (χ0v) is 14.9. The monoisotopic (exact) mass is 381 g/mol. The number of rotatable bonds is 6. The Labute approximate surface area is 151 Å². The molecule has 2 aromatic rings. The molecule has 0 heterocycles. The summed E-state index contributed by atoms with van der Waals surface area (Å²) in [5.41, 5.74) is 0.219. The average molecular weight is 381 g/mol. The van der Waals surface area contributed by atoms with E-state index in [0.29, 0.717) is 4.90 Å². The maximum absolute atomic E-state index is 13.7. The van der Waals surface area contributed by atoms with E-state index in [1.807, 2.05) is 0 Å². The van der Waals surface area contributed by atoms with Crippen LogP contribution in [-0.2, 0) is 20.3 Å². The van der Waals surface area contributed by atoms with Crippen LogP contribution in [0.25, 0.3) is 0 Å². The van der Waals surface area contributed by atoms with Crippen LogP contribution >= 0.6 is 0 Å². The number of halogens is 2. The quantitative estimate of drug-likeness (QED) is 0.781. The molecular weight excluding hydrogens is 364 g/mol. The first-order chi connectivity index (χ1) is 12.3. The van der Waals surface area contributed by atoms with Gasteiger partial charge in [-0.25, -0.2) is 13.6 Å². The average Bonchev–Trinajstić information content (AvgIpc) is 2.59. The van der Waals surface area contributed by atoms with Gasteiger partial charge in [-0.1, -0.05) is 18.2 Å². The molecule has 1 N–H and O–H groups in total. The highest BCUT2D eigenvalue weighted by Gasteiger charge is 2.18. The number of hydrogen-bond acceptors (Lipinski definition) is 4. The number of benzene rings is 2. The summed E-state index contributed by atoms with van der Waals surface area (Å²) in [6.07, 6.45) is 1.43. The molecule has 0 saturated carbocycles. The predicted molar refractivity (Wildman–Crippen MR) is 92.0 cm³/mol. The summed E-state index contributed by atoms with van der Waals surface area (Å²) in [6, 6.07) is 8.51. The van der Waals surface area contributed by atoms with Gasteiger partial charge in [0.05, 0.1) is 27.3 Å². The van der Waals surface area contributed by atoms with Crippen LogP contribution in [0.2, 0.25) is 0 Å². The molecule has 2 aromatic carbocycles. The van der Waals surface area contributed by atoms with E-state index in [4.69, 9.17) is 4.74 Å². The first-order valence-electron chi connectivity index (χ1n) is 7.63. The zero-order valence-electron chi connectivity index (χ0n) is 14.1. The molecule has 0 aliphatic heterocycles. The van der Waals surface area contributed by atoms with Crippen molar-refractivity contribution in [1.29, 1.82) is 0 Å². The summed E-state index contributed by atoms with van der Waals surface area (Å²) >= 11 is 0. The molecule has 0 unspecified atom stereocenters. The van der Waals surface area contributed by atoms with Gasteiger partial charge in [0, 0.05) is 17.9 Å². The van der Waals surface area contributed by atoms with Gasteiger partial charge in [0.15, 0.2) is 6.61 Å². The van der Waals surface area contributed by atoms with Crippen molar-refractivity contribution in [2.75, 3.05) is 12.9 Å². The zero-order chi connectivity index (χ0) is 19.3. The molecule has 0 saturated heterocycles. The molecule has 138 valence electrons. The highest BCUT2D eigenvalue weighted by molar-refractivity contribution is 7.84. The van der Waals surface area contributed by atoms with E-state index < -0.39 is 47.0 Å². The van der Waals surface area contributed by atoms with Crippen LogP contribution in [0.15, 0.2) is 47.4 Å². The molecular formula is C18H17F2NO4S. The number of nitrogens with one attached hydrogen (secondary N) is 1. The van der Waals surface area contributed by atoms with Crippen LogP contribution in [0.3, 0.4) is 0 Å². The van der Waals surface area contributed by atoms with Crippen molar-refractivity contribution >= 4 is 22.7 Å². The third-order valence-corrected chi connectivity index (χ3v) is 4.53. The van der Waals surface area contributed by atoms with Crippen molar-refractivity contribution in [2.45, 2.75) is 17.9 Å². The predicted octanol–water partition coefficient (Wildman–Crippen LogP) is 2.74. The lowest BCUT2D eigenvalue weighted by Crippen LogP contribution is -2.31. The van der Waals surface area contributed by atoms with Gasteiger partial charge in [0.1, 0.15) is 11.6 Å². The van der Waals surface area contributed by atoms with E-state index in [2.05, 4.69) is 5.32 Å². The van der Waals surface area contributed by atoms with Crippen LogP contribution in [-0.4, -0.2) is 28.9 Å². The van der Waals surface area contributed by atoms with Crippen molar-refractivity contribution in [3.63, 3.8) is 0 Å².